The van der Waals surface area contributed by atoms with Gasteiger partial charge in [0.1, 0.15) is 17.5 Å². The molecule has 0 spiro atoms. The molecule has 1 saturated heterocycles. The summed E-state index contributed by atoms with van der Waals surface area (Å²) in [6.45, 7) is 2.81. The maximum absolute atomic E-state index is 12.6. The summed E-state index contributed by atoms with van der Waals surface area (Å²) in [6, 6.07) is 13.1. The van der Waals surface area contributed by atoms with Crippen molar-refractivity contribution in [3.8, 4) is 11.5 Å². The molecule has 28 heavy (non-hydrogen) atoms. The molecule has 0 bridgehead atoms. The van der Waals surface area contributed by atoms with Gasteiger partial charge in [0.05, 0.1) is 26.3 Å². The second-order valence-electron chi connectivity index (χ2n) is 7.07. The van der Waals surface area contributed by atoms with Gasteiger partial charge in [0, 0.05) is 30.2 Å². The van der Waals surface area contributed by atoms with Crippen molar-refractivity contribution in [2.24, 2.45) is 0 Å². The predicted molar refractivity (Wildman–Crippen MR) is 107 cm³/mol. The summed E-state index contributed by atoms with van der Waals surface area (Å²) >= 11 is 0. The van der Waals surface area contributed by atoms with E-state index in [1.807, 2.05) is 18.2 Å². The van der Waals surface area contributed by atoms with Crippen molar-refractivity contribution in [2.45, 2.75) is 25.8 Å². The van der Waals surface area contributed by atoms with E-state index in [4.69, 9.17) is 9.47 Å². The highest BCUT2D eigenvalue weighted by molar-refractivity contribution is 5.97. The zero-order valence-electron chi connectivity index (χ0n) is 16.6. The van der Waals surface area contributed by atoms with E-state index in [1.54, 1.807) is 38.5 Å². The molecule has 1 unspecified atom stereocenters. The summed E-state index contributed by atoms with van der Waals surface area (Å²) in [4.78, 5) is 25.4. The molecule has 6 heteroatoms. The Labute approximate surface area is 165 Å². The highest BCUT2D eigenvalue weighted by atomic mass is 16.5. The second-order valence-corrected chi connectivity index (χ2v) is 7.07. The van der Waals surface area contributed by atoms with Crippen molar-refractivity contribution < 1.29 is 24.0 Å². The number of ether oxygens (including phenoxy) is 2. The van der Waals surface area contributed by atoms with Crippen LogP contribution in [-0.2, 0) is 4.79 Å². The van der Waals surface area contributed by atoms with Crippen LogP contribution in [0, 0.1) is 0 Å². The first-order chi connectivity index (χ1) is 13.5. The van der Waals surface area contributed by atoms with Crippen LogP contribution in [0.4, 0.5) is 5.69 Å². The summed E-state index contributed by atoms with van der Waals surface area (Å²) in [5, 5.41) is 2.92. The third-order valence-corrected chi connectivity index (χ3v) is 5.24. The number of rotatable bonds is 7. The molecule has 2 aromatic rings. The van der Waals surface area contributed by atoms with Gasteiger partial charge in [-0.05, 0) is 31.2 Å². The average Bonchev–Trinajstić information content (AvgIpc) is 3.15. The van der Waals surface area contributed by atoms with Crippen LogP contribution in [0.2, 0.25) is 0 Å². The lowest BCUT2D eigenvalue weighted by Crippen LogP contribution is -3.11. The fraction of sp³-hybridized carbons (Fsp3) is 0.364. The molecular formula is C22H27N2O4+. The number of hydrogen-bond acceptors (Lipinski definition) is 4. The van der Waals surface area contributed by atoms with Gasteiger partial charge in [-0.15, -0.1) is 0 Å². The third kappa shape index (κ3) is 4.51. The van der Waals surface area contributed by atoms with Gasteiger partial charge in [0.2, 0.25) is 0 Å². The number of Topliss-reactive ketones (excluding diaryl/α,β-unsaturated/α-hetero) is 1. The Kier molecular flexibility index (Phi) is 6.31. The van der Waals surface area contributed by atoms with E-state index >= 15 is 0 Å². The lowest BCUT2D eigenvalue weighted by atomic mass is 10.0. The minimum atomic E-state index is -0.0601. The summed E-state index contributed by atoms with van der Waals surface area (Å²) in [5.74, 6) is 1.46. The van der Waals surface area contributed by atoms with Gasteiger partial charge in [-0.2, -0.15) is 0 Å². The number of methoxy groups -OCH3 is 2. The molecule has 2 N–H and O–H groups in total. The van der Waals surface area contributed by atoms with Gasteiger partial charge in [0.15, 0.2) is 12.3 Å². The molecule has 148 valence electrons. The zero-order valence-corrected chi connectivity index (χ0v) is 16.6. The molecule has 0 radical (unpaired) electrons. The number of benzene rings is 2. The van der Waals surface area contributed by atoms with E-state index in [0.717, 1.165) is 36.4 Å². The first-order valence-electron chi connectivity index (χ1n) is 9.49. The quantitative estimate of drug-likeness (QED) is 0.720. The Morgan fingerprint density at radius 1 is 1.14 bits per heavy atom. The van der Waals surface area contributed by atoms with Crippen LogP contribution >= 0.6 is 0 Å². The zero-order chi connectivity index (χ0) is 20.1. The molecule has 1 aliphatic rings. The van der Waals surface area contributed by atoms with E-state index in [2.05, 4.69) is 5.32 Å². The SMILES string of the molecule is COc1ccc([C@H]2CCC[NH+]2CC(=O)Nc2cccc(C(C)=O)c2)c(OC)c1. The second kappa shape index (κ2) is 8.89. The number of anilines is 1. The molecule has 3 rings (SSSR count). The van der Waals surface area contributed by atoms with Gasteiger partial charge in [0.25, 0.3) is 5.91 Å². The van der Waals surface area contributed by atoms with Crippen LogP contribution in [0.15, 0.2) is 42.5 Å². The van der Waals surface area contributed by atoms with Crippen molar-refractivity contribution in [3.05, 3.63) is 53.6 Å². The number of hydrogen-bond donors (Lipinski definition) is 2. The van der Waals surface area contributed by atoms with Gasteiger partial charge in [-0.1, -0.05) is 12.1 Å². The summed E-state index contributed by atoms with van der Waals surface area (Å²) in [5.41, 5.74) is 2.34. The van der Waals surface area contributed by atoms with Crippen molar-refractivity contribution in [2.75, 3.05) is 32.6 Å². The smallest absolute Gasteiger partial charge is 0.279 e. The molecule has 6 nitrogen and oxygen atoms in total. The standard InChI is InChI=1S/C22H26N2O4/c1-15(25)16-6-4-7-17(12-16)23-22(26)14-24-11-5-8-20(24)19-10-9-18(27-2)13-21(19)28-3/h4,6-7,9-10,12-13,20H,5,8,11,14H2,1-3H3,(H,23,26)/p+1/t20-/m1/s1. The fourth-order valence-corrected chi connectivity index (χ4v) is 3.83. The third-order valence-electron chi connectivity index (χ3n) is 5.24. The Morgan fingerprint density at radius 2 is 1.96 bits per heavy atom. The Bertz CT molecular complexity index is 865. The lowest BCUT2D eigenvalue weighted by Gasteiger charge is -2.23. The number of ketones is 1. The molecule has 0 saturated carbocycles. The lowest BCUT2D eigenvalue weighted by molar-refractivity contribution is -0.910. The normalized spacial score (nSPS) is 18.5. The monoisotopic (exact) mass is 383 g/mol. The van der Waals surface area contributed by atoms with E-state index in [9.17, 15) is 9.59 Å². The maximum Gasteiger partial charge on any atom is 0.279 e. The van der Waals surface area contributed by atoms with Crippen molar-refractivity contribution in [1.29, 1.82) is 0 Å². The molecule has 1 amide bonds. The Balaban J connectivity index is 1.71. The Morgan fingerprint density at radius 3 is 2.68 bits per heavy atom. The summed E-state index contributed by atoms with van der Waals surface area (Å²) < 4.78 is 10.8. The van der Waals surface area contributed by atoms with E-state index in [0.29, 0.717) is 17.8 Å². The number of carbonyl (C=O) groups is 2. The average molecular weight is 383 g/mol. The molecular weight excluding hydrogens is 356 g/mol. The topological polar surface area (TPSA) is 69.1 Å². The van der Waals surface area contributed by atoms with Crippen molar-refractivity contribution in [1.82, 2.24) is 0 Å². The van der Waals surface area contributed by atoms with E-state index in [-0.39, 0.29) is 17.7 Å². The molecule has 0 aliphatic carbocycles. The number of nitrogens with one attached hydrogen (secondary N) is 2. The molecule has 0 aromatic heterocycles. The summed E-state index contributed by atoms with van der Waals surface area (Å²) in [6.07, 6.45) is 2.06. The summed E-state index contributed by atoms with van der Waals surface area (Å²) in [7, 11) is 3.29. The molecule has 2 aromatic carbocycles. The minimum absolute atomic E-state index is 0.0204. The molecule has 1 fully saturated rings. The van der Waals surface area contributed by atoms with Gasteiger partial charge in [-0.3, -0.25) is 9.59 Å². The van der Waals surface area contributed by atoms with Crippen LogP contribution in [0.25, 0.3) is 0 Å². The highest BCUT2D eigenvalue weighted by Gasteiger charge is 2.33. The number of amides is 1. The highest BCUT2D eigenvalue weighted by Crippen LogP contribution is 2.31. The Hall–Kier alpha value is -2.86. The molecule has 1 heterocycles. The maximum atomic E-state index is 12.6. The first kappa shape index (κ1) is 19.9. The van der Waals surface area contributed by atoms with Gasteiger partial charge < -0.3 is 19.7 Å². The van der Waals surface area contributed by atoms with E-state index in [1.165, 1.54) is 11.8 Å². The number of quaternary nitrogens is 1. The molecule has 1 aliphatic heterocycles. The van der Waals surface area contributed by atoms with Crippen LogP contribution < -0.4 is 19.7 Å². The number of likely N-dealkylation sites (tertiary alicyclic amines) is 1. The van der Waals surface area contributed by atoms with Crippen LogP contribution in [-0.4, -0.2) is 39.0 Å². The largest absolute Gasteiger partial charge is 0.497 e. The van der Waals surface area contributed by atoms with Crippen LogP contribution in [0.1, 0.15) is 41.7 Å². The van der Waals surface area contributed by atoms with Gasteiger partial charge >= 0.3 is 0 Å². The van der Waals surface area contributed by atoms with E-state index < -0.39 is 0 Å². The predicted octanol–water partition coefficient (Wildman–Crippen LogP) is 2.26. The first-order valence-corrected chi connectivity index (χ1v) is 9.49. The molecule has 2 atom stereocenters. The van der Waals surface area contributed by atoms with Crippen molar-refractivity contribution in [3.63, 3.8) is 0 Å². The minimum Gasteiger partial charge on any atom is -0.497 e. The fourth-order valence-electron chi connectivity index (χ4n) is 3.83. The van der Waals surface area contributed by atoms with Crippen LogP contribution in [0.3, 0.4) is 0 Å². The van der Waals surface area contributed by atoms with Crippen LogP contribution in [0.5, 0.6) is 11.5 Å². The number of carbonyl (C=O) groups excluding carboxylic acids is 2. The van der Waals surface area contributed by atoms with Gasteiger partial charge in [-0.25, -0.2) is 0 Å². The van der Waals surface area contributed by atoms with Crippen molar-refractivity contribution >= 4 is 17.4 Å².